The Balaban J connectivity index is 1.82. The molecular formula is C12H16FNO. The van der Waals surface area contributed by atoms with Gasteiger partial charge in [0.05, 0.1) is 12.7 Å². The molecule has 2 rings (SSSR count). The molecule has 0 saturated carbocycles. The van der Waals surface area contributed by atoms with E-state index in [4.69, 9.17) is 4.74 Å². The molecule has 1 aromatic rings. The van der Waals surface area contributed by atoms with Crippen LogP contribution in [0.5, 0.6) is 0 Å². The summed E-state index contributed by atoms with van der Waals surface area (Å²) in [6, 6.07) is 9.89. The Morgan fingerprint density at radius 2 is 2.13 bits per heavy atom. The number of nitrogens with one attached hydrogen (secondary N) is 1. The lowest BCUT2D eigenvalue weighted by atomic mass is 10.1. The van der Waals surface area contributed by atoms with Gasteiger partial charge in [0.1, 0.15) is 6.17 Å². The number of alkyl halides is 1. The Bertz CT molecular complexity index is 291. The summed E-state index contributed by atoms with van der Waals surface area (Å²) in [7, 11) is 0. The molecule has 2 nitrogen and oxygen atoms in total. The maximum absolute atomic E-state index is 13.4. The summed E-state index contributed by atoms with van der Waals surface area (Å²) in [6.07, 6.45) is -0.359. The van der Waals surface area contributed by atoms with Crippen molar-refractivity contribution in [1.29, 1.82) is 0 Å². The van der Waals surface area contributed by atoms with Crippen LogP contribution in [0.1, 0.15) is 12.0 Å². The largest absolute Gasteiger partial charge is 0.370 e. The smallest absolute Gasteiger partial charge is 0.139 e. The highest BCUT2D eigenvalue weighted by molar-refractivity contribution is 5.13. The number of halogens is 1. The second-order valence-electron chi connectivity index (χ2n) is 3.84. The Morgan fingerprint density at radius 1 is 1.33 bits per heavy atom. The van der Waals surface area contributed by atoms with Crippen LogP contribution >= 0.6 is 0 Å². The fraction of sp³-hybridized carbons (Fsp3) is 0.500. The lowest BCUT2D eigenvalue weighted by Crippen LogP contribution is -2.42. The summed E-state index contributed by atoms with van der Waals surface area (Å²) in [6.45, 7) is 1.77. The van der Waals surface area contributed by atoms with Crippen LogP contribution in [0.2, 0.25) is 0 Å². The average molecular weight is 209 g/mol. The maximum atomic E-state index is 13.4. The van der Waals surface area contributed by atoms with Crippen molar-refractivity contribution in [1.82, 2.24) is 5.32 Å². The zero-order valence-corrected chi connectivity index (χ0v) is 8.66. The van der Waals surface area contributed by atoms with Crippen LogP contribution in [0.15, 0.2) is 30.3 Å². The highest BCUT2D eigenvalue weighted by Gasteiger charge is 2.24. The molecule has 0 bridgehead atoms. The van der Waals surface area contributed by atoms with Gasteiger partial charge in [0, 0.05) is 6.54 Å². The molecule has 0 aliphatic carbocycles. The lowest BCUT2D eigenvalue weighted by molar-refractivity contribution is -0.0275. The lowest BCUT2D eigenvalue weighted by Gasteiger charge is -2.26. The van der Waals surface area contributed by atoms with Gasteiger partial charge in [-0.15, -0.1) is 0 Å². The maximum Gasteiger partial charge on any atom is 0.139 e. The fourth-order valence-electron chi connectivity index (χ4n) is 1.76. The zero-order chi connectivity index (χ0) is 10.5. The number of hydrogen-bond donors (Lipinski definition) is 1. The summed E-state index contributed by atoms with van der Waals surface area (Å²) < 4.78 is 18.9. The van der Waals surface area contributed by atoms with E-state index in [1.54, 1.807) is 0 Å². The molecule has 1 N–H and O–H groups in total. The van der Waals surface area contributed by atoms with Crippen molar-refractivity contribution in [2.24, 2.45) is 0 Å². The molecular weight excluding hydrogens is 193 g/mol. The van der Waals surface area contributed by atoms with E-state index in [0.717, 1.165) is 18.5 Å². The molecule has 0 amide bonds. The summed E-state index contributed by atoms with van der Waals surface area (Å²) >= 11 is 0. The van der Waals surface area contributed by atoms with Crippen molar-refractivity contribution in [3.05, 3.63) is 35.9 Å². The van der Waals surface area contributed by atoms with Crippen molar-refractivity contribution in [3.63, 3.8) is 0 Å². The van der Waals surface area contributed by atoms with Crippen molar-refractivity contribution in [2.45, 2.75) is 25.3 Å². The van der Waals surface area contributed by atoms with E-state index in [1.165, 1.54) is 0 Å². The van der Waals surface area contributed by atoms with E-state index in [1.807, 2.05) is 30.3 Å². The van der Waals surface area contributed by atoms with E-state index in [2.05, 4.69) is 5.32 Å². The SMILES string of the molecule is FC1CNCCC1OCc1ccccc1. The number of hydrogen-bond acceptors (Lipinski definition) is 2. The molecule has 3 heteroatoms. The summed E-state index contributed by atoms with van der Waals surface area (Å²) in [4.78, 5) is 0. The highest BCUT2D eigenvalue weighted by atomic mass is 19.1. The van der Waals surface area contributed by atoms with Gasteiger partial charge in [-0.1, -0.05) is 30.3 Å². The van der Waals surface area contributed by atoms with Crippen molar-refractivity contribution in [2.75, 3.05) is 13.1 Å². The van der Waals surface area contributed by atoms with Crippen LogP contribution in [0.25, 0.3) is 0 Å². The molecule has 1 heterocycles. The second-order valence-corrected chi connectivity index (χ2v) is 3.84. The third kappa shape index (κ3) is 3.01. The van der Waals surface area contributed by atoms with Gasteiger partial charge in [0.2, 0.25) is 0 Å². The minimum Gasteiger partial charge on any atom is -0.370 e. The Labute approximate surface area is 89.4 Å². The molecule has 1 aliphatic heterocycles. The van der Waals surface area contributed by atoms with Crippen molar-refractivity contribution < 1.29 is 9.13 Å². The molecule has 0 spiro atoms. The summed E-state index contributed by atoms with van der Waals surface area (Å²) in [5.41, 5.74) is 1.10. The standard InChI is InChI=1S/C12H16FNO/c13-11-8-14-7-6-12(11)15-9-10-4-2-1-3-5-10/h1-5,11-12,14H,6-9H2. The van der Waals surface area contributed by atoms with Crippen molar-refractivity contribution >= 4 is 0 Å². The summed E-state index contributed by atoms with van der Waals surface area (Å²) in [5.74, 6) is 0. The first-order valence-electron chi connectivity index (χ1n) is 5.36. The minimum absolute atomic E-state index is 0.244. The second kappa shape index (κ2) is 5.24. The number of ether oxygens (including phenoxy) is 1. The van der Waals surface area contributed by atoms with E-state index in [0.29, 0.717) is 13.2 Å². The zero-order valence-electron chi connectivity index (χ0n) is 8.66. The van der Waals surface area contributed by atoms with Crippen LogP contribution in [0, 0.1) is 0 Å². The van der Waals surface area contributed by atoms with E-state index < -0.39 is 6.17 Å². The molecule has 1 saturated heterocycles. The Morgan fingerprint density at radius 3 is 2.87 bits per heavy atom. The van der Waals surface area contributed by atoms with Gasteiger partial charge in [-0.05, 0) is 18.5 Å². The van der Waals surface area contributed by atoms with E-state index in [-0.39, 0.29) is 6.10 Å². The van der Waals surface area contributed by atoms with Gasteiger partial charge >= 0.3 is 0 Å². The number of benzene rings is 1. The first kappa shape index (κ1) is 10.6. The van der Waals surface area contributed by atoms with Gasteiger partial charge in [-0.3, -0.25) is 0 Å². The number of rotatable bonds is 3. The van der Waals surface area contributed by atoms with Crippen LogP contribution in [-0.4, -0.2) is 25.4 Å². The van der Waals surface area contributed by atoms with Crippen LogP contribution < -0.4 is 5.32 Å². The first-order valence-corrected chi connectivity index (χ1v) is 5.36. The third-order valence-corrected chi connectivity index (χ3v) is 2.66. The molecule has 15 heavy (non-hydrogen) atoms. The van der Waals surface area contributed by atoms with E-state index >= 15 is 0 Å². The molecule has 2 atom stereocenters. The van der Waals surface area contributed by atoms with Gasteiger partial charge in [0.15, 0.2) is 0 Å². The molecule has 82 valence electrons. The van der Waals surface area contributed by atoms with Gasteiger partial charge in [-0.2, -0.15) is 0 Å². The molecule has 1 aliphatic rings. The van der Waals surface area contributed by atoms with Crippen LogP contribution in [-0.2, 0) is 11.3 Å². The average Bonchev–Trinajstić information content (AvgIpc) is 2.29. The van der Waals surface area contributed by atoms with Crippen LogP contribution in [0.4, 0.5) is 4.39 Å². The molecule has 1 aromatic carbocycles. The normalized spacial score (nSPS) is 26.5. The Kier molecular flexibility index (Phi) is 3.69. The summed E-state index contributed by atoms with van der Waals surface area (Å²) in [5, 5.41) is 3.01. The molecule has 1 fully saturated rings. The highest BCUT2D eigenvalue weighted by Crippen LogP contribution is 2.14. The number of piperidine rings is 1. The predicted molar refractivity (Wildman–Crippen MR) is 57.4 cm³/mol. The third-order valence-electron chi connectivity index (χ3n) is 2.66. The first-order chi connectivity index (χ1) is 7.36. The van der Waals surface area contributed by atoms with Gasteiger partial charge in [0.25, 0.3) is 0 Å². The van der Waals surface area contributed by atoms with E-state index in [9.17, 15) is 4.39 Å². The molecule has 0 aromatic heterocycles. The van der Waals surface area contributed by atoms with Gasteiger partial charge < -0.3 is 10.1 Å². The minimum atomic E-state index is -0.873. The Hall–Kier alpha value is -0.930. The molecule has 0 radical (unpaired) electrons. The van der Waals surface area contributed by atoms with Crippen LogP contribution in [0.3, 0.4) is 0 Å². The van der Waals surface area contributed by atoms with Gasteiger partial charge in [-0.25, -0.2) is 4.39 Å². The van der Waals surface area contributed by atoms with Crippen molar-refractivity contribution in [3.8, 4) is 0 Å². The molecule has 2 unspecified atom stereocenters. The quantitative estimate of drug-likeness (QED) is 0.821. The predicted octanol–water partition coefficient (Wildman–Crippen LogP) is 1.90. The monoisotopic (exact) mass is 209 g/mol. The fourth-order valence-corrected chi connectivity index (χ4v) is 1.76. The topological polar surface area (TPSA) is 21.3 Å².